The normalized spacial score (nSPS) is 24.8. The average molecular weight is 449 g/mol. The van der Waals surface area contributed by atoms with Crippen molar-refractivity contribution in [1.29, 1.82) is 0 Å². The van der Waals surface area contributed by atoms with Gasteiger partial charge in [0.25, 0.3) is 0 Å². The van der Waals surface area contributed by atoms with Gasteiger partial charge in [-0.3, -0.25) is 4.79 Å². The lowest BCUT2D eigenvalue weighted by Crippen LogP contribution is -2.20. The third-order valence-corrected chi connectivity index (χ3v) is 7.48. The number of hydrogen-bond acceptors (Lipinski definition) is 7. The molecule has 1 aliphatic carbocycles. The highest BCUT2D eigenvalue weighted by atomic mass is 32.1. The molecule has 0 amide bonds. The highest BCUT2D eigenvalue weighted by Crippen LogP contribution is 2.38. The van der Waals surface area contributed by atoms with E-state index in [0.29, 0.717) is 29.3 Å². The summed E-state index contributed by atoms with van der Waals surface area (Å²) >= 11 is 1.47. The topological polar surface area (TPSA) is 84.3 Å². The van der Waals surface area contributed by atoms with Crippen LogP contribution in [0, 0.1) is 19.8 Å². The molecule has 5 rings (SSSR count). The quantitative estimate of drug-likeness (QED) is 0.571. The molecule has 3 heterocycles. The Labute approximate surface area is 191 Å². The summed E-state index contributed by atoms with van der Waals surface area (Å²) in [4.78, 5) is 23.6. The van der Waals surface area contributed by atoms with Gasteiger partial charge in [-0.25, -0.2) is 9.97 Å². The summed E-state index contributed by atoms with van der Waals surface area (Å²) in [6, 6.07) is 10.3. The van der Waals surface area contributed by atoms with Gasteiger partial charge in [0.2, 0.25) is 5.78 Å². The molecule has 7 heteroatoms. The molecule has 0 bridgehead atoms. The number of ketones is 1. The number of nitrogens with one attached hydrogen (secondary N) is 1. The lowest BCUT2D eigenvalue weighted by molar-refractivity contribution is 0.0697. The van der Waals surface area contributed by atoms with Crippen molar-refractivity contribution < 1.29 is 14.6 Å². The third-order valence-electron chi connectivity index (χ3n) is 6.41. The fourth-order valence-electron chi connectivity index (χ4n) is 4.68. The van der Waals surface area contributed by atoms with Crippen molar-refractivity contribution in [2.45, 2.75) is 44.4 Å². The van der Waals surface area contributed by atoms with Crippen LogP contribution in [0.25, 0.3) is 0 Å². The van der Waals surface area contributed by atoms with Gasteiger partial charge in [0, 0.05) is 17.1 Å². The standard InChI is InChI=1S/C25H26N3O3S/c1-14-9-17(10-21(14)29)28-25-20(12-26-13-27-25)23(30)22-11-19(15(2)32-22)24-18-6-4-3-5-16(18)7-8-31-24/h3-6,11-14,17,21,24,29H,1,7-10H2,2H3,(H,26,27,28)/t14-,17-,21+,24+/m1/s1. The van der Waals surface area contributed by atoms with Crippen LogP contribution >= 0.6 is 11.3 Å². The number of aliphatic hydroxyl groups is 1. The Bertz CT molecular complexity index is 1130. The number of aliphatic hydroxyl groups excluding tert-OH is 1. The van der Waals surface area contributed by atoms with Crippen LogP contribution in [-0.2, 0) is 11.2 Å². The minimum Gasteiger partial charge on any atom is -0.393 e. The molecular weight excluding hydrogens is 422 g/mol. The number of anilines is 1. The number of carbonyl (C=O) groups excluding carboxylic acids is 1. The molecule has 1 aliphatic heterocycles. The fourth-order valence-corrected chi connectivity index (χ4v) is 5.68. The Morgan fingerprint density at radius 1 is 1.28 bits per heavy atom. The first-order chi connectivity index (χ1) is 15.5. The van der Waals surface area contributed by atoms with Gasteiger partial charge < -0.3 is 15.2 Å². The SMILES string of the molecule is [CH2][C@@H]1C[C@@H](Nc2ncncc2C(=O)c2cc([C@H]3OCCc4ccccc43)c(C)s2)C[C@@H]1O. The number of hydrogen-bond donors (Lipinski definition) is 2. The summed E-state index contributed by atoms with van der Waals surface area (Å²) in [5.41, 5.74) is 3.95. The van der Waals surface area contributed by atoms with E-state index in [2.05, 4.69) is 40.4 Å². The second-order valence-electron chi connectivity index (χ2n) is 8.58. The third kappa shape index (κ3) is 3.96. The predicted molar refractivity (Wildman–Crippen MR) is 124 cm³/mol. The zero-order valence-corrected chi connectivity index (χ0v) is 18.8. The van der Waals surface area contributed by atoms with Gasteiger partial charge in [0.05, 0.1) is 23.2 Å². The first-order valence-electron chi connectivity index (χ1n) is 10.9. The number of fused-ring (bicyclic) bond motifs is 1. The van der Waals surface area contributed by atoms with E-state index < -0.39 is 6.10 Å². The highest BCUT2D eigenvalue weighted by molar-refractivity contribution is 7.14. The number of nitrogens with zero attached hydrogens (tertiary/aromatic N) is 2. The van der Waals surface area contributed by atoms with E-state index in [9.17, 15) is 9.90 Å². The lowest BCUT2D eigenvalue weighted by Gasteiger charge is -2.26. The molecule has 2 N–H and O–H groups in total. The number of ether oxygens (including phenoxy) is 1. The number of carbonyl (C=O) groups is 1. The van der Waals surface area contributed by atoms with Gasteiger partial charge >= 0.3 is 0 Å². The van der Waals surface area contributed by atoms with E-state index in [0.717, 1.165) is 23.3 Å². The Kier molecular flexibility index (Phi) is 5.80. The van der Waals surface area contributed by atoms with Crippen molar-refractivity contribution in [3.8, 4) is 0 Å². The van der Waals surface area contributed by atoms with Crippen molar-refractivity contribution in [2.75, 3.05) is 11.9 Å². The molecule has 3 aromatic rings. The van der Waals surface area contributed by atoms with Crippen molar-refractivity contribution in [2.24, 2.45) is 5.92 Å². The number of aromatic nitrogens is 2. The van der Waals surface area contributed by atoms with Gasteiger partial charge in [0.15, 0.2) is 0 Å². The van der Waals surface area contributed by atoms with E-state index >= 15 is 0 Å². The Hall–Kier alpha value is -2.61. The monoisotopic (exact) mass is 448 g/mol. The summed E-state index contributed by atoms with van der Waals surface area (Å²) < 4.78 is 6.13. The molecule has 2 aromatic heterocycles. The van der Waals surface area contributed by atoms with Crippen LogP contribution in [0.3, 0.4) is 0 Å². The van der Waals surface area contributed by atoms with Gasteiger partial charge in [0.1, 0.15) is 18.2 Å². The van der Waals surface area contributed by atoms with E-state index in [4.69, 9.17) is 4.74 Å². The summed E-state index contributed by atoms with van der Waals surface area (Å²) in [5, 5.41) is 13.3. The number of aryl methyl sites for hydroxylation is 1. The first-order valence-corrected chi connectivity index (χ1v) is 11.7. The Morgan fingerprint density at radius 2 is 2.12 bits per heavy atom. The lowest BCUT2D eigenvalue weighted by atomic mass is 9.93. The van der Waals surface area contributed by atoms with Crippen LogP contribution < -0.4 is 5.32 Å². The molecule has 6 nitrogen and oxygen atoms in total. The number of benzene rings is 1. The molecule has 32 heavy (non-hydrogen) atoms. The molecule has 4 atom stereocenters. The van der Waals surface area contributed by atoms with Crippen molar-refractivity contribution in [3.63, 3.8) is 0 Å². The summed E-state index contributed by atoms with van der Waals surface area (Å²) in [6.45, 7) is 6.69. The van der Waals surface area contributed by atoms with E-state index in [1.54, 1.807) is 6.20 Å². The second kappa shape index (κ2) is 8.73. The van der Waals surface area contributed by atoms with Crippen LogP contribution in [0.1, 0.15) is 55.7 Å². The maximum absolute atomic E-state index is 13.5. The molecule has 165 valence electrons. The Balaban J connectivity index is 1.42. The van der Waals surface area contributed by atoms with Gasteiger partial charge in [-0.05, 0) is 61.8 Å². The van der Waals surface area contributed by atoms with Crippen LogP contribution in [-0.4, -0.2) is 39.6 Å². The van der Waals surface area contributed by atoms with Gasteiger partial charge in [-0.2, -0.15) is 0 Å². The fraction of sp³-hybridized carbons (Fsp3) is 0.360. The number of rotatable bonds is 5. The molecule has 0 spiro atoms. The van der Waals surface area contributed by atoms with Crippen molar-refractivity contribution in [3.05, 3.63) is 81.8 Å². The average Bonchev–Trinajstić information content (AvgIpc) is 3.34. The minimum absolute atomic E-state index is 0.0191. The summed E-state index contributed by atoms with van der Waals surface area (Å²) in [6.07, 6.45) is 4.63. The molecule has 2 aliphatic rings. The largest absolute Gasteiger partial charge is 0.393 e. The summed E-state index contributed by atoms with van der Waals surface area (Å²) in [5.74, 6) is 0.374. The Morgan fingerprint density at radius 3 is 2.94 bits per heavy atom. The number of thiophene rings is 1. The maximum Gasteiger partial charge on any atom is 0.208 e. The van der Waals surface area contributed by atoms with Crippen molar-refractivity contribution in [1.82, 2.24) is 9.97 Å². The van der Waals surface area contributed by atoms with Gasteiger partial charge in [-0.15, -0.1) is 11.3 Å². The first kappa shape index (κ1) is 21.2. The smallest absolute Gasteiger partial charge is 0.208 e. The van der Waals surface area contributed by atoms with Crippen molar-refractivity contribution >= 4 is 22.9 Å². The molecule has 0 unspecified atom stereocenters. The maximum atomic E-state index is 13.5. The molecular formula is C25H26N3O3S. The minimum atomic E-state index is -0.436. The van der Waals surface area contributed by atoms with E-state index in [-0.39, 0.29) is 23.8 Å². The van der Waals surface area contributed by atoms with Crippen LogP contribution in [0.5, 0.6) is 0 Å². The van der Waals surface area contributed by atoms with Crippen LogP contribution in [0.4, 0.5) is 5.82 Å². The van der Waals surface area contributed by atoms with E-state index in [1.807, 2.05) is 19.1 Å². The van der Waals surface area contributed by atoms with Gasteiger partial charge in [-0.1, -0.05) is 24.3 Å². The molecule has 1 saturated carbocycles. The predicted octanol–water partition coefficient (Wildman–Crippen LogP) is 4.13. The summed E-state index contributed by atoms with van der Waals surface area (Å²) in [7, 11) is 0. The van der Waals surface area contributed by atoms with Crippen LogP contribution in [0.15, 0.2) is 42.9 Å². The molecule has 1 aromatic carbocycles. The molecule has 0 saturated heterocycles. The zero-order chi connectivity index (χ0) is 22.2. The molecule has 1 radical (unpaired) electrons. The van der Waals surface area contributed by atoms with E-state index in [1.165, 1.54) is 28.8 Å². The second-order valence-corrected chi connectivity index (χ2v) is 9.83. The molecule has 1 fully saturated rings. The highest BCUT2D eigenvalue weighted by Gasteiger charge is 2.31. The zero-order valence-electron chi connectivity index (χ0n) is 18.0. The van der Waals surface area contributed by atoms with Crippen LogP contribution in [0.2, 0.25) is 0 Å².